The van der Waals surface area contributed by atoms with Crippen LogP contribution >= 0.6 is 0 Å². The number of pyridine rings is 1. The zero-order valence-electron chi connectivity index (χ0n) is 10.9. The first kappa shape index (κ1) is 12.4. The standard InChI is InChI=1S/C17H13NO2/c19-12-15-10-13(7-8-17(15)20)11-18-9-3-5-14-4-1-2-6-16(14)18/h1-10,12H,11H2/p+1. The first-order chi connectivity index (χ1) is 9.78. The molecule has 0 unspecified atom stereocenters. The topological polar surface area (TPSA) is 41.2 Å². The van der Waals surface area contributed by atoms with Gasteiger partial charge in [-0.15, -0.1) is 0 Å². The normalized spacial score (nSPS) is 10.6. The maximum atomic E-state index is 10.9. The fourth-order valence-electron chi connectivity index (χ4n) is 2.35. The number of aldehydes is 1. The van der Waals surface area contributed by atoms with Crippen molar-refractivity contribution in [1.29, 1.82) is 0 Å². The van der Waals surface area contributed by atoms with Crippen LogP contribution in [0.25, 0.3) is 10.9 Å². The fraction of sp³-hybridized carbons (Fsp3) is 0.0588. The summed E-state index contributed by atoms with van der Waals surface area (Å²) < 4.78 is 2.12. The molecule has 0 aliphatic rings. The molecule has 2 aromatic carbocycles. The zero-order valence-corrected chi connectivity index (χ0v) is 10.9. The molecule has 0 radical (unpaired) electrons. The number of rotatable bonds is 3. The maximum absolute atomic E-state index is 10.9. The summed E-state index contributed by atoms with van der Waals surface area (Å²) in [6.07, 6.45) is 2.68. The van der Waals surface area contributed by atoms with Crippen LogP contribution in [0.1, 0.15) is 15.9 Å². The van der Waals surface area contributed by atoms with Crippen LogP contribution in [0, 0.1) is 0 Å². The van der Waals surface area contributed by atoms with Crippen molar-refractivity contribution in [3.8, 4) is 5.75 Å². The van der Waals surface area contributed by atoms with E-state index in [1.54, 1.807) is 12.1 Å². The van der Waals surface area contributed by atoms with Gasteiger partial charge in [0.2, 0.25) is 5.52 Å². The van der Waals surface area contributed by atoms with Gasteiger partial charge in [-0.1, -0.05) is 12.1 Å². The number of hydrogen-bond donors (Lipinski definition) is 1. The van der Waals surface area contributed by atoms with E-state index in [0.29, 0.717) is 18.4 Å². The predicted octanol–water partition coefficient (Wildman–Crippen LogP) is 2.69. The second kappa shape index (κ2) is 5.13. The maximum Gasteiger partial charge on any atom is 0.212 e. The lowest BCUT2D eigenvalue weighted by Crippen LogP contribution is -2.34. The van der Waals surface area contributed by atoms with Gasteiger partial charge in [-0.25, -0.2) is 0 Å². The smallest absolute Gasteiger partial charge is 0.212 e. The lowest BCUT2D eigenvalue weighted by Gasteiger charge is -2.03. The molecule has 0 fully saturated rings. The van der Waals surface area contributed by atoms with Crippen LogP contribution in [0.4, 0.5) is 0 Å². The summed E-state index contributed by atoms with van der Waals surface area (Å²) in [5.74, 6) is 0.0201. The van der Waals surface area contributed by atoms with E-state index in [-0.39, 0.29) is 5.75 Å². The van der Waals surface area contributed by atoms with Crippen molar-refractivity contribution in [3.63, 3.8) is 0 Å². The average molecular weight is 264 g/mol. The summed E-state index contributed by atoms with van der Waals surface area (Å²) >= 11 is 0. The molecule has 0 spiro atoms. The molecule has 98 valence electrons. The molecule has 3 nitrogen and oxygen atoms in total. The van der Waals surface area contributed by atoms with Crippen LogP contribution in [0.2, 0.25) is 0 Å². The molecule has 20 heavy (non-hydrogen) atoms. The molecule has 0 aliphatic heterocycles. The van der Waals surface area contributed by atoms with Gasteiger partial charge in [0.25, 0.3) is 0 Å². The molecule has 0 atom stereocenters. The number of aromatic nitrogens is 1. The van der Waals surface area contributed by atoms with Gasteiger partial charge in [-0.2, -0.15) is 4.57 Å². The summed E-state index contributed by atoms with van der Waals surface area (Å²) in [4.78, 5) is 10.9. The molecule has 3 aromatic rings. The van der Waals surface area contributed by atoms with Crippen LogP contribution in [0.3, 0.4) is 0 Å². The number of carbonyl (C=O) groups is 1. The zero-order chi connectivity index (χ0) is 13.9. The lowest BCUT2D eigenvalue weighted by molar-refractivity contribution is -0.662. The average Bonchev–Trinajstić information content (AvgIpc) is 2.49. The highest BCUT2D eigenvalue weighted by Gasteiger charge is 2.10. The highest BCUT2D eigenvalue weighted by atomic mass is 16.3. The number of benzene rings is 2. The summed E-state index contributed by atoms with van der Waals surface area (Å²) in [5.41, 5.74) is 2.44. The largest absolute Gasteiger partial charge is 0.507 e. The van der Waals surface area contributed by atoms with Gasteiger partial charge in [0.15, 0.2) is 19.0 Å². The van der Waals surface area contributed by atoms with E-state index >= 15 is 0 Å². The third-order valence-electron chi connectivity index (χ3n) is 3.36. The lowest BCUT2D eigenvalue weighted by atomic mass is 10.1. The summed E-state index contributed by atoms with van der Waals surface area (Å²) in [6.45, 7) is 0.655. The van der Waals surface area contributed by atoms with Crippen LogP contribution in [0.5, 0.6) is 5.75 Å². The number of para-hydroxylation sites is 1. The van der Waals surface area contributed by atoms with Gasteiger partial charge >= 0.3 is 0 Å². The molecule has 1 heterocycles. The number of aromatic hydroxyl groups is 1. The Labute approximate surface area is 116 Å². The molecule has 0 amide bonds. The summed E-state index contributed by atoms with van der Waals surface area (Å²) in [5, 5.41) is 10.7. The number of phenolic OH excluding ortho intramolecular Hbond substituents is 1. The molecular formula is C17H14NO2+. The van der Waals surface area contributed by atoms with Gasteiger partial charge in [0, 0.05) is 23.1 Å². The van der Waals surface area contributed by atoms with Crippen LogP contribution < -0.4 is 4.57 Å². The molecule has 0 saturated heterocycles. The van der Waals surface area contributed by atoms with E-state index in [2.05, 4.69) is 22.8 Å². The molecule has 1 N–H and O–H groups in total. The Bertz CT molecular complexity index is 776. The number of hydrogen-bond acceptors (Lipinski definition) is 2. The fourth-order valence-corrected chi connectivity index (χ4v) is 2.35. The highest BCUT2D eigenvalue weighted by molar-refractivity contribution is 5.79. The van der Waals surface area contributed by atoms with Crippen LogP contribution in [-0.2, 0) is 6.54 Å². The predicted molar refractivity (Wildman–Crippen MR) is 76.7 cm³/mol. The minimum absolute atomic E-state index is 0.0201. The Kier molecular flexibility index (Phi) is 3.17. The van der Waals surface area contributed by atoms with Crippen molar-refractivity contribution in [2.24, 2.45) is 0 Å². The molecule has 0 bridgehead atoms. The Hall–Kier alpha value is -2.68. The van der Waals surface area contributed by atoms with Gasteiger partial charge in [0.1, 0.15) is 5.75 Å². The van der Waals surface area contributed by atoms with Gasteiger partial charge < -0.3 is 5.11 Å². The Morgan fingerprint density at radius 3 is 2.70 bits per heavy atom. The van der Waals surface area contributed by atoms with Crippen molar-refractivity contribution in [3.05, 3.63) is 71.9 Å². The molecule has 0 aliphatic carbocycles. The van der Waals surface area contributed by atoms with Crippen molar-refractivity contribution in [1.82, 2.24) is 0 Å². The van der Waals surface area contributed by atoms with Crippen molar-refractivity contribution in [2.45, 2.75) is 6.54 Å². The van der Waals surface area contributed by atoms with Crippen LogP contribution in [-0.4, -0.2) is 11.4 Å². The monoisotopic (exact) mass is 264 g/mol. The van der Waals surface area contributed by atoms with E-state index in [1.807, 2.05) is 30.5 Å². The van der Waals surface area contributed by atoms with Gasteiger partial charge in [0.05, 0.1) is 5.56 Å². The SMILES string of the molecule is O=Cc1cc(C[n+]2cccc3ccccc32)ccc1O. The quantitative estimate of drug-likeness (QED) is 0.583. The minimum Gasteiger partial charge on any atom is -0.507 e. The van der Waals surface area contributed by atoms with E-state index in [9.17, 15) is 9.90 Å². The summed E-state index contributed by atoms with van der Waals surface area (Å²) in [6, 6.07) is 17.3. The van der Waals surface area contributed by atoms with E-state index in [0.717, 1.165) is 11.1 Å². The Balaban J connectivity index is 2.03. The number of nitrogens with zero attached hydrogens (tertiary/aromatic N) is 1. The second-order valence-electron chi connectivity index (χ2n) is 4.71. The first-order valence-electron chi connectivity index (χ1n) is 6.42. The van der Waals surface area contributed by atoms with E-state index in [1.165, 1.54) is 5.39 Å². The minimum atomic E-state index is 0.0201. The number of phenols is 1. The third-order valence-corrected chi connectivity index (χ3v) is 3.36. The van der Waals surface area contributed by atoms with Crippen molar-refractivity contribution in [2.75, 3.05) is 0 Å². The first-order valence-corrected chi connectivity index (χ1v) is 6.42. The van der Waals surface area contributed by atoms with Crippen LogP contribution in [0.15, 0.2) is 60.8 Å². The molecule has 3 heteroatoms. The Morgan fingerprint density at radius 2 is 1.85 bits per heavy atom. The molecule has 1 aromatic heterocycles. The van der Waals surface area contributed by atoms with Gasteiger partial charge in [-0.05, 0) is 30.3 Å². The molecule has 0 saturated carbocycles. The van der Waals surface area contributed by atoms with Gasteiger partial charge in [-0.3, -0.25) is 4.79 Å². The highest BCUT2D eigenvalue weighted by Crippen LogP contribution is 2.17. The molecular weight excluding hydrogens is 250 g/mol. The Morgan fingerprint density at radius 1 is 1.05 bits per heavy atom. The van der Waals surface area contributed by atoms with Crippen molar-refractivity contribution >= 4 is 17.2 Å². The summed E-state index contributed by atoms with van der Waals surface area (Å²) in [7, 11) is 0. The third kappa shape index (κ3) is 2.26. The van der Waals surface area contributed by atoms with E-state index in [4.69, 9.17) is 0 Å². The number of carbonyl (C=O) groups excluding carboxylic acids is 1. The van der Waals surface area contributed by atoms with E-state index < -0.39 is 0 Å². The molecule has 3 rings (SSSR count). The second-order valence-corrected chi connectivity index (χ2v) is 4.71. The van der Waals surface area contributed by atoms with Crippen molar-refractivity contribution < 1.29 is 14.5 Å². The number of fused-ring (bicyclic) bond motifs is 1.